The van der Waals surface area contributed by atoms with E-state index in [2.05, 4.69) is 37.3 Å². The topological polar surface area (TPSA) is 24.4 Å². The zero-order chi connectivity index (χ0) is 13.9. The van der Waals surface area contributed by atoms with E-state index in [0.29, 0.717) is 15.4 Å². The normalized spacial score (nSPS) is 26.5. The van der Waals surface area contributed by atoms with Crippen LogP contribution in [-0.2, 0) is 0 Å². The van der Waals surface area contributed by atoms with Crippen LogP contribution in [0.3, 0.4) is 0 Å². The first-order valence-electron chi connectivity index (χ1n) is 7.43. The molecule has 1 N–H and O–H groups in total. The molecule has 1 aliphatic heterocycles. The van der Waals surface area contributed by atoms with Crippen LogP contribution in [0, 0.1) is 5.41 Å². The van der Waals surface area contributed by atoms with Gasteiger partial charge in [-0.2, -0.15) is 11.8 Å². The van der Waals surface area contributed by atoms with Crippen LogP contribution in [-0.4, -0.2) is 34.5 Å². The number of hydrogen-bond acceptors (Lipinski definition) is 4. The number of rotatable bonds is 4. The molecule has 110 valence electrons. The van der Waals surface area contributed by atoms with Crippen LogP contribution in [0.1, 0.15) is 52.9 Å². The van der Waals surface area contributed by atoms with Gasteiger partial charge in [0.25, 0.3) is 0 Å². The summed E-state index contributed by atoms with van der Waals surface area (Å²) in [6.07, 6.45) is 9.04. The van der Waals surface area contributed by atoms with E-state index >= 15 is 0 Å². The highest BCUT2D eigenvalue weighted by molar-refractivity contribution is 8.14. The largest absolute Gasteiger partial charge is 0.364 e. The fourth-order valence-electron chi connectivity index (χ4n) is 3.01. The number of hydrogen-bond donors (Lipinski definition) is 1. The maximum absolute atomic E-state index is 4.69. The third-order valence-electron chi connectivity index (χ3n) is 4.07. The van der Waals surface area contributed by atoms with Gasteiger partial charge in [0.15, 0.2) is 5.17 Å². The van der Waals surface area contributed by atoms with E-state index in [1.807, 2.05) is 23.5 Å². The zero-order valence-corrected chi connectivity index (χ0v) is 14.4. The summed E-state index contributed by atoms with van der Waals surface area (Å²) in [5, 5.41) is 5.49. The van der Waals surface area contributed by atoms with Crippen LogP contribution in [0.4, 0.5) is 0 Å². The Balaban J connectivity index is 1.76. The SMILES string of the molecule is CSC1(CNC2=NCC(CC(C)(C)C)S2)CCCC1. The van der Waals surface area contributed by atoms with Gasteiger partial charge in [-0.15, -0.1) is 0 Å². The molecular formula is C15H28N2S2. The molecule has 1 atom stereocenters. The second-order valence-corrected chi connectivity index (χ2v) is 9.66. The van der Waals surface area contributed by atoms with E-state index in [1.54, 1.807) is 0 Å². The molecule has 1 saturated carbocycles. The van der Waals surface area contributed by atoms with Crippen LogP contribution >= 0.6 is 23.5 Å². The van der Waals surface area contributed by atoms with Crippen molar-refractivity contribution >= 4 is 28.7 Å². The highest BCUT2D eigenvalue weighted by atomic mass is 32.2. The number of nitrogens with zero attached hydrogens (tertiary/aromatic N) is 1. The van der Waals surface area contributed by atoms with E-state index < -0.39 is 0 Å². The molecular weight excluding hydrogens is 272 g/mol. The van der Waals surface area contributed by atoms with Gasteiger partial charge >= 0.3 is 0 Å². The molecule has 0 spiro atoms. The molecule has 1 fully saturated rings. The van der Waals surface area contributed by atoms with Crippen molar-refractivity contribution in [3.05, 3.63) is 0 Å². The summed E-state index contributed by atoms with van der Waals surface area (Å²) in [6.45, 7) is 9.06. The van der Waals surface area contributed by atoms with E-state index in [1.165, 1.54) is 37.3 Å². The first kappa shape index (κ1) is 15.6. The zero-order valence-electron chi connectivity index (χ0n) is 12.8. The second-order valence-electron chi connectivity index (χ2n) is 7.10. The Morgan fingerprint density at radius 2 is 2.05 bits per heavy atom. The minimum Gasteiger partial charge on any atom is -0.364 e. The first-order chi connectivity index (χ1) is 8.92. The third-order valence-corrected chi connectivity index (χ3v) is 6.63. The van der Waals surface area contributed by atoms with E-state index in [4.69, 9.17) is 0 Å². The van der Waals surface area contributed by atoms with Gasteiger partial charge in [-0.1, -0.05) is 45.4 Å². The van der Waals surface area contributed by atoms with Crippen molar-refractivity contribution in [3.63, 3.8) is 0 Å². The Labute approximate surface area is 127 Å². The minimum absolute atomic E-state index is 0.411. The summed E-state index contributed by atoms with van der Waals surface area (Å²) in [4.78, 5) is 4.69. The fraction of sp³-hybridized carbons (Fsp3) is 0.933. The lowest BCUT2D eigenvalue weighted by molar-refractivity contribution is 0.375. The lowest BCUT2D eigenvalue weighted by atomic mass is 9.90. The number of nitrogens with one attached hydrogen (secondary N) is 1. The summed E-state index contributed by atoms with van der Waals surface area (Å²) in [5.41, 5.74) is 0.411. The summed E-state index contributed by atoms with van der Waals surface area (Å²) < 4.78 is 0.477. The monoisotopic (exact) mass is 300 g/mol. The van der Waals surface area contributed by atoms with Crippen molar-refractivity contribution in [2.45, 2.75) is 62.9 Å². The molecule has 4 heteroatoms. The van der Waals surface area contributed by atoms with Crippen LogP contribution in [0.25, 0.3) is 0 Å². The van der Waals surface area contributed by atoms with Gasteiger partial charge < -0.3 is 5.32 Å². The highest BCUT2D eigenvalue weighted by Crippen LogP contribution is 2.40. The molecule has 2 rings (SSSR count). The predicted molar refractivity (Wildman–Crippen MR) is 90.5 cm³/mol. The van der Waals surface area contributed by atoms with Crippen LogP contribution < -0.4 is 5.32 Å². The number of thioether (sulfide) groups is 2. The Kier molecular flexibility index (Phi) is 5.15. The van der Waals surface area contributed by atoms with Crippen LogP contribution in [0.2, 0.25) is 0 Å². The van der Waals surface area contributed by atoms with Crippen molar-refractivity contribution in [3.8, 4) is 0 Å². The Hall–Kier alpha value is 0.170. The Morgan fingerprint density at radius 3 is 2.63 bits per heavy atom. The Morgan fingerprint density at radius 1 is 1.37 bits per heavy atom. The van der Waals surface area contributed by atoms with E-state index in [9.17, 15) is 0 Å². The molecule has 19 heavy (non-hydrogen) atoms. The van der Waals surface area contributed by atoms with Crippen molar-refractivity contribution in [1.82, 2.24) is 5.32 Å². The molecule has 0 bridgehead atoms. The van der Waals surface area contributed by atoms with Gasteiger partial charge in [0.05, 0.1) is 6.54 Å². The summed E-state index contributed by atoms with van der Waals surface area (Å²) >= 11 is 4.01. The van der Waals surface area contributed by atoms with Crippen LogP contribution in [0.5, 0.6) is 0 Å². The molecule has 1 aliphatic carbocycles. The maximum atomic E-state index is 4.69. The van der Waals surface area contributed by atoms with Crippen molar-refractivity contribution < 1.29 is 0 Å². The standard InChI is InChI=1S/C15H28N2S2/c1-14(2,3)9-12-10-16-13(19-12)17-11-15(18-4)7-5-6-8-15/h12H,5-11H2,1-4H3,(H,16,17). The molecule has 0 aromatic carbocycles. The first-order valence-corrected chi connectivity index (χ1v) is 9.53. The fourth-order valence-corrected chi connectivity index (χ4v) is 5.28. The molecule has 0 aromatic rings. The van der Waals surface area contributed by atoms with Gasteiger partial charge in [0.2, 0.25) is 0 Å². The minimum atomic E-state index is 0.411. The summed E-state index contributed by atoms with van der Waals surface area (Å²) in [5.74, 6) is 0. The molecule has 0 radical (unpaired) electrons. The highest BCUT2D eigenvalue weighted by Gasteiger charge is 2.34. The van der Waals surface area contributed by atoms with Crippen molar-refractivity contribution in [2.75, 3.05) is 19.3 Å². The lowest BCUT2D eigenvalue weighted by Gasteiger charge is -2.27. The van der Waals surface area contributed by atoms with E-state index in [-0.39, 0.29) is 0 Å². The van der Waals surface area contributed by atoms with Crippen LogP contribution in [0.15, 0.2) is 4.99 Å². The third kappa shape index (κ3) is 4.59. The molecule has 2 nitrogen and oxygen atoms in total. The smallest absolute Gasteiger partial charge is 0.156 e. The molecule has 2 aliphatic rings. The van der Waals surface area contributed by atoms with Crippen molar-refractivity contribution in [2.24, 2.45) is 10.4 Å². The predicted octanol–water partition coefficient (Wildman–Crippen LogP) is 4.16. The average Bonchev–Trinajstić information content (AvgIpc) is 2.94. The number of amidine groups is 1. The van der Waals surface area contributed by atoms with E-state index in [0.717, 1.165) is 13.1 Å². The van der Waals surface area contributed by atoms with Gasteiger partial charge in [-0.25, -0.2) is 0 Å². The van der Waals surface area contributed by atoms with Crippen molar-refractivity contribution in [1.29, 1.82) is 0 Å². The van der Waals surface area contributed by atoms with Gasteiger partial charge in [-0.05, 0) is 30.9 Å². The van der Waals surface area contributed by atoms with Gasteiger partial charge in [0, 0.05) is 16.5 Å². The number of aliphatic imine (C=N–C) groups is 1. The lowest BCUT2D eigenvalue weighted by Crippen LogP contribution is -2.37. The summed E-state index contributed by atoms with van der Waals surface area (Å²) in [7, 11) is 0. The van der Waals surface area contributed by atoms with Gasteiger partial charge in [-0.3, -0.25) is 4.99 Å². The molecule has 1 heterocycles. The second kappa shape index (κ2) is 6.30. The Bertz CT molecular complexity index is 328. The quantitative estimate of drug-likeness (QED) is 0.843. The maximum Gasteiger partial charge on any atom is 0.156 e. The molecule has 1 unspecified atom stereocenters. The molecule has 0 aromatic heterocycles. The summed E-state index contributed by atoms with van der Waals surface area (Å²) in [6, 6.07) is 0. The van der Waals surface area contributed by atoms with Gasteiger partial charge in [0.1, 0.15) is 0 Å². The molecule has 0 saturated heterocycles. The average molecular weight is 301 g/mol. The molecule has 0 amide bonds.